The Morgan fingerprint density at radius 1 is 1.19 bits per heavy atom. The molecule has 6 heteroatoms. The average Bonchev–Trinajstić information content (AvgIpc) is 3.37. The van der Waals surface area contributed by atoms with E-state index in [0.29, 0.717) is 12.4 Å². The molecule has 0 aliphatic heterocycles. The molecule has 2 aromatic rings. The maximum absolute atomic E-state index is 13.0. The summed E-state index contributed by atoms with van der Waals surface area (Å²) in [6.07, 6.45) is 4.92. The summed E-state index contributed by atoms with van der Waals surface area (Å²) in [7, 11) is 0. The fourth-order valence-electron chi connectivity index (χ4n) is 4.15. The van der Waals surface area contributed by atoms with Crippen molar-refractivity contribution in [3.8, 4) is 5.69 Å². The van der Waals surface area contributed by atoms with Crippen LogP contribution in [0.25, 0.3) is 5.69 Å². The Kier molecular flexibility index (Phi) is 7.19. The van der Waals surface area contributed by atoms with Gasteiger partial charge in [-0.3, -0.25) is 9.59 Å². The van der Waals surface area contributed by atoms with Crippen LogP contribution in [0.5, 0.6) is 0 Å². The van der Waals surface area contributed by atoms with Gasteiger partial charge in [0.1, 0.15) is 5.82 Å². The minimum absolute atomic E-state index is 0.0735. The van der Waals surface area contributed by atoms with Crippen LogP contribution in [0.15, 0.2) is 30.3 Å². The first-order valence-corrected chi connectivity index (χ1v) is 11.5. The smallest absolute Gasteiger partial charge is 0.245 e. The molecular formula is C25H36N4O2. The van der Waals surface area contributed by atoms with E-state index in [4.69, 9.17) is 5.10 Å². The second-order valence-corrected chi connectivity index (χ2v) is 9.65. The van der Waals surface area contributed by atoms with E-state index in [1.54, 1.807) is 9.58 Å². The quantitative estimate of drug-likeness (QED) is 0.691. The van der Waals surface area contributed by atoms with Crippen LogP contribution in [-0.4, -0.2) is 39.6 Å². The lowest BCUT2D eigenvalue weighted by Crippen LogP contribution is -2.41. The molecular weight excluding hydrogens is 388 g/mol. The molecule has 1 aromatic heterocycles. The van der Waals surface area contributed by atoms with Crippen LogP contribution in [0.2, 0.25) is 0 Å². The van der Waals surface area contributed by atoms with Crippen LogP contribution in [0.1, 0.15) is 71.1 Å². The molecule has 31 heavy (non-hydrogen) atoms. The molecule has 1 aliphatic rings. The molecule has 2 amide bonds. The van der Waals surface area contributed by atoms with Gasteiger partial charge in [0.05, 0.1) is 17.9 Å². The summed E-state index contributed by atoms with van der Waals surface area (Å²) in [6.45, 7) is 11.1. The first kappa shape index (κ1) is 23.0. The van der Waals surface area contributed by atoms with Crippen LogP contribution in [0.3, 0.4) is 0 Å². The number of benzene rings is 1. The van der Waals surface area contributed by atoms with Crippen molar-refractivity contribution in [3.63, 3.8) is 0 Å². The first-order chi connectivity index (χ1) is 14.7. The molecule has 0 saturated heterocycles. The van der Waals surface area contributed by atoms with Gasteiger partial charge in [0.25, 0.3) is 0 Å². The normalized spacial score (nSPS) is 14.6. The van der Waals surface area contributed by atoms with Crippen molar-refractivity contribution in [2.24, 2.45) is 5.92 Å². The second kappa shape index (κ2) is 9.67. The lowest BCUT2D eigenvalue weighted by Gasteiger charge is -2.24. The molecule has 0 bridgehead atoms. The Balaban J connectivity index is 1.83. The fraction of sp³-hybridized carbons (Fsp3) is 0.560. The minimum Gasteiger partial charge on any atom is -0.333 e. The van der Waals surface area contributed by atoms with Crippen molar-refractivity contribution >= 4 is 17.6 Å². The predicted molar refractivity (Wildman–Crippen MR) is 124 cm³/mol. The number of para-hydroxylation sites is 1. The molecule has 1 heterocycles. The molecule has 0 radical (unpaired) electrons. The predicted octanol–water partition coefficient (Wildman–Crippen LogP) is 4.85. The zero-order valence-electron chi connectivity index (χ0n) is 19.6. The molecule has 168 valence electrons. The third kappa shape index (κ3) is 5.54. The summed E-state index contributed by atoms with van der Waals surface area (Å²) in [5.74, 6) is 0.644. The molecule has 6 nitrogen and oxygen atoms in total. The van der Waals surface area contributed by atoms with E-state index in [1.165, 1.54) is 0 Å². The topological polar surface area (TPSA) is 67.2 Å². The lowest BCUT2D eigenvalue weighted by molar-refractivity contribution is -0.138. The van der Waals surface area contributed by atoms with E-state index in [1.807, 2.05) is 44.2 Å². The second-order valence-electron chi connectivity index (χ2n) is 9.65. The molecule has 0 unspecified atom stereocenters. The number of carbonyl (C=O) groups is 2. The number of amides is 2. The van der Waals surface area contributed by atoms with E-state index >= 15 is 0 Å². The highest BCUT2D eigenvalue weighted by molar-refractivity contribution is 5.94. The van der Waals surface area contributed by atoms with E-state index in [2.05, 4.69) is 26.1 Å². The van der Waals surface area contributed by atoms with Gasteiger partial charge in [-0.25, -0.2) is 4.68 Å². The number of hydrogen-bond acceptors (Lipinski definition) is 3. The third-order valence-electron chi connectivity index (χ3n) is 5.93. The van der Waals surface area contributed by atoms with E-state index in [0.717, 1.165) is 49.0 Å². The molecule has 0 atom stereocenters. The number of aryl methyl sites for hydroxylation is 1. The lowest BCUT2D eigenvalue weighted by atomic mass is 9.92. The highest BCUT2D eigenvalue weighted by Gasteiger charge is 2.28. The standard InChI is InChI=1S/C25H36N4O2/c1-6-15-28(24(31)19-12-8-9-13-19)17-23(30)26-22-16-21(25(3,4)5)27-29(22)20-14-10-7-11-18(20)2/h7,10-11,14,16,19H,6,8-9,12-13,15,17H2,1-5H3,(H,26,30). The zero-order valence-corrected chi connectivity index (χ0v) is 19.6. The van der Waals surface area contributed by atoms with Gasteiger partial charge in [-0.05, 0) is 37.8 Å². The molecule has 3 rings (SSSR count). The summed E-state index contributed by atoms with van der Waals surface area (Å²) in [5, 5.41) is 7.83. The number of aromatic nitrogens is 2. The Morgan fingerprint density at radius 3 is 2.48 bits per heavy atom. The zero-order chi connectivity index (χ0) is 22.6. The van der Waals surface area contributed by atoms with Crippen molar-refractivity contribution in [3.05, 3.63) is 41.6 Å². The van der Waals surface area contributed by atoms with E-state index in [9.17, 15) is 9.59 Å². The number of anilines is 1. The van der Waals surface area contributed by atoms with Gasteiger partial charge in [0.2, 0.25) is 11.8 Å². The van der Waals surface area contributed by atoms with Crippen molar-refractivity contribution in [1.29, 1.82) is 0 Å². The van der Waals surface area contributed by atoms with E-state index in [-0.39, 0.29) is 29.7 Å². The maximum Gasteiger partial charge on any atom is 0.245 e. The van der Waals surface area contributed by atoms with Crippen molar-refractivity contribution in [2.45, 2.75) is 72.1 Å². The molecule has 0 spiro atoms. The summed E-state index contributed by atoms with van der Waals surface area (Å²) >= 11 is 0. The van der Waals surface area contributed by atoms with Gasteiger partial charge in [-0.1, -0.05) is 58.7 Å². The molecule has 1 N–H and O–H groups in total. The number of carbonyl (C=O) groups excluding carboxylic acids is 2. The third-order valence-corrected chi connectivity index (χ3v) is 5.93. The largest absolute Gasteiger partial charge is 0.333 e. The Morgan fingerprint density at radius 2 is 1.87 bits per heavy atom. The van der Waals surface area contributed by atoms with Crippen molar-refractivity contribution in [2.75, 3.05) is 18.4 Å². The monoisotopic (exact) mass is 424 g/mol. The number of nitrogens with one attached hydrogen (secondary N) is 1. The Labute approximate surface area is 186 Å². The number of nitrogens with zero attached hydrogens (tertiary/aromatic N) is 3. The Bertz CT molecular complexity index is 920. The van der Waals surface area contributed by atoms with Crippen LogP contribution in [-0.2, 0) is 15.0 Å². The molecule has 1 aromatic carbocycles. The van der Waals surface area contributed by atoms with E-state index < -0.39 is 0 Å². The van der Waals surface area contributed by atoms with Gasteiger partial charge in [-0.15, -0.1) is 0 Å². The Hall–Kier alpha value is -2.63. The number of hydrogen-bond donors (Lipinski definition) is 1. The summed E-state index contributed by atoms with van der Waals surface area (Å²) in [4.78, 5) is 27.6. The van der Waals surface area contributed by atoms with Gasteiger partial charge in [0, 0.05) is 23.9 Å². The molecule has 1 fully saturated rings. The van der Waals surface area contributed by atoms with Crippen LogP contribution in [0, 0.1) is 12.8 Å². The first-order valence-electron chi connectivity index (χ1n) is 11.5. The summed E-state index contributed by atoms with van der Waals surface area (Å²) in [5.41, 5.74) is 2.75. The molecule has 1 aliphatic carbocycles. The fourth-order valence-corrected chi connectivity index (χ4v) is 4.15. The minimum atomic E-state index is -0.185. The number of rotatable bonds is 7. The van der Waals surface area contributed by atoms with Gasteiger partial charge in [-0.2, -0.15) is 5.10 Å². The molecule has 1 saturated carbocycles. The summed E-state index contributed by atoms with van der Waals surface area (Å²) < 4.78 is 1.80. The van der Waals surface area contributed by atoms with Gasteiger partial charge < -0.3 is 10.2 Å². The van der Waals surface area contributed by atoms with Gasteiger partial charge in [0.15, 0.2) is 0 Å². The highest BCUT2D eigenvalue weighted by Crippen LogP contribution is 2.28. The maximum atomic E-state index is 13.0. The average molecular weight is 425 g/mol. The van der Waals surface area contributed by atoms with Crippen molar-refractivity contribution in [1.82, 2.24) is 14.7 Å². The van der Waals surface area contributed by atoms with Crippen LogP contribution < -0.4 is 5.32 Å². The van der Waals surface area contributed by atoms with Gasteiger partial charge >= 0.3 is 0 Å². The van der Waals surface area contributed by atoms with Crippen LogP contribution in [0.4, 0.5) is 5.82 Å². The summed E-state index contributed by atoms with van der Waals surface area (Å²) in [6, 6.07) is 9.92. The highest BCUT2D eigenvalue weighted by atomic mass is 16.2. The SMILES string of the molecule is CCCN(CC(=O)Nc1cc(C(C)(C)C)nn1-c1ccccc1C)C(=O)C1CCCC1. The van der Waals surface area contributed by atoms with Crippen LogP contribution >= 0.6 is 0 Å². The van der Waals surface area contributed by atoms with Crippen molar-refractivity contribution < 1.29 is 9.59 Å².